The molecule has 1 spiro atoms. The maximum atomic E-state index is 13.7. The van der Waals surface area contributed by atoms with E-state index in [9.17, 15) is 9.59 Å². The number of nitrogens with zero attached hydrogens (tertiary/aromatic N) is 3. The van der Waals surface area contributed by atoms with E-state index >= 15 is 0 Å². The van der Waals surface area contributed by atoms with E-state index in [0.717, 1.165) is 45.8 Å². The second-order valence-corrected chi connectivity index (χ2v) is 10.7. The van der Waals surface area contributed by atoms with E-state index in [0.29, 0.717) is 25.1 Å². The minimum absolute atomic E-state index is 0.139. The summed E-state index contributed by atoms with van der Waals surface area (Å²) in [5, 5.41) is 2.99. The van der Waals surface area contributed by atoms with Crippen molar-refractivity contribution in [3.05, 3.63) is 95.1 Å². The van der Waals surface area contributed by atoms with Crippen molar-refractivity contribution < 1.29 is 14.3 Å². The summed E-state index contributed by atoms with van der Waals surface area (Å²) in [4.78, 5) is 37.0. The summed E-state index contributed by atoms with van der Waals surface area (Å²) in [6.45, 7) is 1.01. The Bertz CT molecular complexity index is 1490. The van der Waals surface area contributed by atoms with Crippen molar-refractivity contribution in [3.63, 3.8) is 0 Å². The molecule has 0 bridgehead atoms. The first-order chi connectivity index (χ1) is 17.6. The quantitative estimate of drug-likeness (QED) is 0.365. The number of thiazole rings is 1. The van der Waals surface area contributed by atoms with Crippen molar-refractivity contribution >= 4 is 23.2 Å². The molecule has 3 aliphatic rings. The van der Waals surface area contributed by atoms with Gasteiger partial charge in [0, 0.05) is 47.4 Å². The van der Waals surface area contributed by atoms with E-state index < -0.39 is 11.0 Å². The average Bonchev–Trinajstić information content (AvgIpc) is 3.27. The number of fused-ring (bicyclic) bond motifs is 2. The van der Waals surface area contributed by atoms with Crippen molar-refractivity contribution in [2.24, 2.45) is 0 Å². The second kappa shape index (κ2) is 7.83. The Kier molecular flexibility index (Phi) is 4.66. The largest absolute Gasteiger partial charge is 0.449 e. The van der Waals surface area contributed by atoms with Crippen molar-refractivity contribution in [1.82, 2.24) is 14.9 Å². The van der Waals surface area contributed by atoms with Crippen LogP contribution in [0.5, 0.6) is 0 Å². The fraction of sp³-hybridized carbons (Fsp3) is 0.241. The molecule has 0 unspecified atom stereocenters. The van der Waals surface area contributed by atoms with Crippen LogP contribution < -0.4 is 0 Å². The molecule has 6 nitrogen and oxygen atoms in total. The van der Waals surface area contributed by atoms with Crippen molar-refractivity contribution in [3.8, 4) is 21.8 Å². The van der Waals surface area contributed by atoms with Gasteiger partial charge in [-0.25, -0.2) is 9.78 Å². The number of carbonyl (C=O) groups is 2. The number of hydrogen-bond acceptors (Lipinski definition) is 6. The van der Waals surface area contributed by atoms with Crippen LogP contribution in [0.2, 0.25) is 0 Å². The maximum Gasteiger partial charge on any atom is 0.339 e. The van der Waals surface area contributed by atoms with E-state index in [1.807, 2.05) is 47.5 Å². The highest BCUT2D eigenvalue weighted by Gasteiger charge is 2.57. The van der Waals surface area contributed by atoms with Crippen LogP contribution in [0.15, 0.2) is 78.4 Å². The SMILES string of the molecule is O=C1O[C@]2(CCN(C(=O)C3(c4ccc(-c5csc(-c6cccnc6)n5)cc4)CC3)C2)c2ccccc21. The highest BCUT2D eigenvalue weighted by molar-refractivity contribution is 7.13. The van der Waals surface area contributed by atoms with Crippen LogP contribution in [0.25, 0.3) is 21.8 Å². The fourth-order valence-electron chi connectivity index (χ4n) is 5.65. The molecule has 2 aliphatic heterocycles. The van der Waals surface area contributed by atoms with Crippen LogP contribution in [-0.2, 0) is 20.5 Å². The number of carbonyl (C=O) groups excluding carboxylic acids is 2. The Balaban J connectivity index is 1.11. The van der Waals surface area contributed by atoms with Gasteiger partial charge < -0.3 is 9.64 Å². The summed E-state index contributed by atoms with van der Waals surface area (Å²) in [7, 11) is 0. The molecule has 1 saturated carbocycles. The van der Waals surface area contributed by atoms with Gasteiger partial charge in [-0.15, -0.1) is 11.3 Å². The molecular formula is C29H23N3O3S. The van der Waals surface area contributed by atoms with Gasteiger partial charge in [-0.3, -0.25) is 9.78 Å². The van der Waals surface area contributed by atoms with Gasteiger partial charge >= 0.3 is 5.97 Å². The van der Waals surface area contributed by atoms with Crippen LogP contribution in [0.1, 0.15) is 40.7 Å². The molecule has 1 atom stereocenters. The van der Waals surface area contributed by atoms with Gasteiger partial charge in [-0.1, -0.05) is 42.5 Å². The van der Waals surface area contributed by atoms with Gasteiger partial charge in [0.05, 0.1) is 23.2 Å². The highest BCUT2D eigenvalue weighted by atomic mass is 32.1. The van der Waals surface area contributed by atoms with Gasteiger partial charge in [0.1, 0.15) is 5.01 Å². The molecule has 36 heavy (non-hydrogen) atoms. The lowest BCUT2D eigenvalue weighted by Gasteiger charge is -2.27. The smallest absolute Gasteiger partial charge is 0.339 e. The number of likely N-dealkylation sites (tertiary alicyclic amines) is 1. The number of esters is 1. The average molecular weight is 494 g/mol. The van der Waals surface area contributed by atoms with E-state index in [1.165, 1.54) is 0 Å². The third kappa shape index (κ3) is 3.23. The zero-order valence-electron chi connectivity index (χ0n) is 19.5. The van der Waals surface area contributed by atoms with Crippen LogP contribution in [-0.4, -0.2) is 39.8 Å². The molecule has 2 aromatic heterocycles. The van der Waals surface area contributed by atoms with Crippen LogP contribution >= 0.6 is 11.3 Å². The molecule has 0 N–H and O–H groups in total. The number of aromatic nitrogens is 2. The van der Waals surface area contributed by atoms with Crippen LogP contribution in [0.4, 0.5) is 0 Å². The first-order valence-electron chi connectivity index (χ1n) is 12.2. The highest BCUT2D eigenvalue weighted by Crippen LogP contribution is 2.52. The third-order valence-electron chi connectivity index (χ3n) is 7.75. The zero-order chi connectivity index (χ0) is 24.3. The monoisotopic (exact) mass is 493 g/mol. The molecule has 178 valence electrons. The predicted octanol–water partition coefficient (Wildman–Crippen LogP) is 5.20. The fourth-order valence-corrected chi connectivity index (χ4v) is 6.47. The summed E-state index contributed by atoms with van der Waals surface area (Å²) in [5.41, 5.74) is 4.35. The summed E-state index contributed by atoms with van der Waals surface area (Å²) in [6, 6.07) is 19.7. The van der Waals surface area contributed by atoms with E-state index in [2.05, 4.69) is 34.6 Å². The van der Waals surface area contributed by atoms with Gasteiger partial charge in [0.2, 0.25) is 5.91 Å². The number of ether oxygens (including phenoxy) is 1. The maximum absolute atomic E-state index is 13.7. The third-order valence-corrected chi connectivity index (χ3v) is 8.64. The lowest BCUT2D eigenvalue weighted by molar-refractivity contribution is -0.134. The minimum Gasteiger partial charge on any atom is -0.449 e. The van der Waals surface area contributed by atoms with Crippen molar-refractivity contribution in [2.75, 3.05) is 13.1 Å². The number of benzene rings is 2. The predicted molar refractivity (Wildman–Crippen MR) is 136 cm³/mol. The number of pyridine rings is 1. The number of amides is 1. The molecule has 4 heterocycles. The summed E-state index contributed by atoms with van der Waals surface area (Å²) < 4.78 is 5.86. The molecule has 1 amide bonds. The standard InChI is InChI=1S/C29H23N3O3S/c33-26-22-5-1-2-6-23(22)29(35-26)13-15-32(18-29)27(34)28(11-12-28)21-9-7-19(8-10-21)24-17-36-25(31-24)20-4-3-14-30-16-20/h1-10,14,16-17H,11-13,15,18H2/t29-/m0/s1. The van der Waals surface area contributed by atoms with E-state index in [1.54, 1.807) is 17.5 Å². The molecule has 2 fully saturated rings. The molecule has 7 heteroatoms. The van der Waals surface area contributed by atoms with Gasteiger partial charge in [0.25, 0.3) is 0 Å². The van der Waals surface area contributed by atoms with Crippen molar-refractivity contribution in [1.29, 1.82) is 0 Å². The van der Waals surface area contributed by atoms with Crippen LogP contribution in [0, 0.1) is 0 Å². The first-order valence-corrected chi connectivity index (χ1v) is 13.1. The Morgan fingerprint density at radius 1 is 0.972 bits per heavy atom. The zero-order valence-corrected chi connectivity index (χ0v) is 20.3. The van der Waals surface area contributed by atoms with Crippen LogP contribution in [0.3, 0.4) is 0 Å². The Hall–Kier alpha value is -3.84. The summed E-state index contributed by atoms with van der Waals surface area (Å²) in [5.74, 6) is -0.148. The topological polar surface area (TPSA) is 72.4 Å². The number of rotatable bonds is 4. The minimum atomic E-state index is -0.708. The molecule has 7 rings (SSSR count). The lowest BCUT2D eigenvalue weighted by Crippen LogP contribution is -2.40. The molecule has 1 aliphatic carbocycles. The number of hydrogen-bond donors (Lipinski definition) is 0. The summed E-state index contributed by atoms with van der Waals surface area (Å²) >= 11 is 1.60. The Labute approximate surface area is 212 Å². The van der Waals surface area contributed by atoms with Crippen molar-refractivity contribution in [2.45, 2.75) is 30.3 Å². The molecule has 1 saturated heterocycles. The normalized spacial score (nSPS) is 21.4. The Morgan fingerprint density at radius 2 is 1.81 bits per heavy atom. The lowest BCUT2D eigenvalue weighted by atomic mass is 9.91. The van der Waals surface area contributed by atoms with E-state index in [-0.39, 0.29) is 11.9 Å². The molecule has 0 radical (unpaired) electrons. The molecule has 4 aromatic rings. The molecular weight excluding hydrogens is 470 g/mol. The first kappa shape index (κ1) is 21.4. The van der Waals surface area contributed by atoms with E-state index in [4.69, 9.17) is 9.72 Å². The Morgan fingerprint density at radius 3 is 2.58 bits per heavy atom. The summed E-state index contributed by atoms with van der Waals surface area (Å²) in [6.07, 6.45) is 5.90. The van der Waals surface area contributed by atoms with Gasteiger partial charge in [0.15, 0.2) is 5.60 Å². The molecule has 2 aromatic carbocycles. The van der Waals surface area contributed by atoms with Gasteiger partial charge in [-0.05, 0) is 36.6 Å². The van der Waals surface area contributed by atoms with Gasteiger partial charge in [-0.2, -0.15) is 0 Å². The second-order valence-electron chi connectivity index (χ2n) is 9.85.